The zero-order valence-electron chi connectivity index (χ0n) is 23.4. The molecule has 13 heteroatoms. The third kappa shape index (κ3) is 5.69. The van der Waals surface area contributed by atoms with E-state index in [0.29, 0.717) is 35.2 Å². The van der Waals surface area contributed by atoms with Gasteiger partial charge in [0.1, 0.15) is 16.5 Å². The molecular weight excluding hydrogens is 554 g/mol. The number of β-amino-alcohol motifs (C(OH)–C–C–N with tert-alkyl or cyclic N) is 1. The van der Waals surface area contributed by atoms with E-state index in [-0.39, 0.29) is 12.1 Å². The van der Waals surface area contributed by atoms with Crippen molar-refractivity contribution in [2.75, 3.05) is 54.9 Å². The molecule has 3 aromatic heterocycles. The average Bonchev–Trinajstić information content (AvgIpc) is 3.69. The van der Waals surface area contributed by atoms with E-state index < -0.39 is 5.60 Å². The van der Waals surface area contributed by atoms with Crippen molar-refractivity contribution in [3.8, 4) is 22.2 Å². The van der Waals surface area contributed by atoms with Gasteiger partial charge in [-0.3, -0.25) is 4.90 Å². The van der Waals surface area contributed by atoms with Crippen molar-refractivity contribution in [1.29, 1.82) is 0 Å². The van der Waals surface area contributed by atoms with E-state index >= 15 is 0 Å². The second-order valence-electron chi connectivity index (χ2n) is 11.6. The van der Waals surface area contributed by atoms with E-state index in [4.69, 9.17) is 14.4 Å². The molecule has 12 nitrogen and oxygen atoms in total. The van der Waals surface area contributed by atoms with Gasteiger partial charge in [0, 0.05) is 49.9 Å². The third-order valence-corrected chi connectivity index (χ3v) is 9.71. The lowest BCUT2D eigenvalue weighted by molar-refractivity contribution is -0.0581. The van der Waals surface area contributed by atoms with Crippen LogP contribution in [0.2, 0.25) is 0 Å². The van der Waals surface area contributed by atoms with Gasteiger partial charge in [-0.15, -0.1) is 10.2 Å². The van der Waals surface area contributed by atoms with E-state index in [1.165, 1.54) is 11.3 Å². The molecule has 0 amide bonds. The summed E-state index contributed by atoms with van der Waals surface area (Å²) in [6.07, 6.45) is 6.87. The Morgan fingerprint density at radius 3 is 2.40 bits per heavy atom. The quantitative estimate of drug-likeness (QED) is 0.225. The second kappa shape index (κ2) is 11.2. The number of piperazine rings is 1. The van der Waals surface area contributed by atoms with Gasteiger partial charge in [0.2, 0.25) is 11.8 Å². The SMILES string of the molecule is OCCN1CCN(c2cc(Nc3ncc(-c4nnc(-c5ccccc5)o4)s3)nc(NC34CCC(O)(CC3)CC4)n2)CC1. The molecule has 8 rings (SSSR count). The predicted molar refractivity (Wildman–Crippen MR) is 161 cm³/mol. The highest BCUT2D eigenvalue weighted by molar-refractivity contribution is 7.18. The fourth-order valence-electron chi connectivity index (χ4n) is 6.21. The first kappa shape index (κ1) is 27.2. The first-order valence-corrected chi connectivity index (χ1v) is 15.4. The number of aliphatic hydroxyl groups excluding tert-OH is 1. The van der Waals surface area contributed by atoms with Crippen molar-refractivity contribution in [3.05, 3.63) is 42.6 Å². The third-order valence-electron chi connectivity index (χ3n) is 8.81. The molecule has 4 aliphatic rings. The number of thiazole rings is 1. The summed E-state index contributed by atoms with van der Waals surface area (Å²) < 4.78 is 5.92. The zero-order valence-corrected chi connectivity index (χ0v) is 24.2. The molecule has 3 saturated carbocycles. The number of rotatable bonds is 9. The maximum absolute atomic E-state index is 10.7. The predicted octanol–water partition coefficient (Wildman–Crippen LogP) is 3.76. The standard InChI is InChI=1S/C29H35N9O3S/c39-17-16-37-12-14-38(15-13-37)23-18-22(31-26(33-23)34-28-6-9-29(40,10-7-28)11-8-28)32-27-30-19-21(42-27)25-36-35-24(41-25)20-4-2-1-3-5-20/h1-5,18-19,39-40H,6-17H2,(H2,30,31,32,33,34). The molecule has 4 heterocycles. The lowest BCUT2D eigenvalue weighted by Gasteiger charge is -2.51. The Labute approximate surface area is 247 Å². The molecule has 220 valence electrons. The van der Waals surface area contributed by atoms with Crippen LogP contribution in [0.4, 0.5) is 22.7 Å². The summed E-state index contributed by atoms with van der Waals surface area (Å²) in [4.78, 5) is 19.7. The van der Waals surface area contributed by atoms with E-state index in [0.717, 1.165) is 81.0 Å². The van der Waals surface area contributed by atoms with Gasteiger partial charge in [-0.05, 0) is 50.7 Å². The molecule has 1 saturated heterocycles. The molecule has 0 radical (unpaired) electrons. The van der Waals surface area contributed by atoms with Crippen LogP contribution in [0.5, 0.6) is 0 Å². The van der Waals surface area contributed by atoms with Gasteiger partial charge in [-0.2, -0.15) is 9.97 Å². The highest BCUT2D eigenvalue weighted by atomic mass is 32.1. The number of hydrogen-bond donors (Lipinski definition) is 4. The maximum atomic E-state index is 10.7. The maximum Gasteiger partial charge on any atom is 0.259 e. The van der Waals surface area contributed by atoms with Crippen molar-refractivity contribution >= 4 is 34.1 Å². The molecule has 1 aliphatic heterocycles. The molecule has 0 unspecified atom stereocenters. The summed E-state index contributed by atoms with van der Waals surface area (Å²) in [5.41, 5.74) is 0.267. The van der Waals surface area contributed by atoms with Gasteiger partial charge in [0.05, 0.1) is 18.4 Å². The molecule has 0 spiro atoms. The fourth-order valence-corrected chi connectivity index (χ4v) is 6.95. The van der Waals surface area contributed by atoms with Gasteiger partial charge in [-0.25, -0.2) is 4.98 Å². The second-order valence-corrected chi connectivity index (χ2v) is 12.6. The van der Waals surface area contributed by atoms with E-state index in [2.05, 4.69) is 35.6 Å². The fraction of sp³-hybridized carbons (Fsp3) is 0.483. The van der Waals surface area contributed by atoms with Crippen LogP contribution in [-0.2, 0) is 0 Å². The summed E-state index contributed by atoms with van der Waals surface area (Å²) in [7, 11) is 0. The Morgan fingerprint density at radius 2 is 1.67 bits per heavy atom. The average molecular weight is 590 g/mol. The Balaban J connectivity index is 1.12. The Bertz CT molecular complexity index is 1500. The first-order chi connectivity index (χ1) is 20.5. The Morgan fingerprint density at radius 1 is 0.929 bits per heavy atom. The van der Waals surface area contributed by atoms with Crippen LogP contribution in [0.15, 0.2) is 47.0 Å². The van der Waals surface area contributed by atoms with Gasteiger partial charge < -0.3 is 30.2 Å². The highest BCUT2D eigenvalue weighted by Crippen LogP contribution is 2.48. The van der Waals surface area contributed by atoms with Crippen molar-refractivity contribution < 1.29 is 14.6 Å². The van der Waals surface area contributed by atoms with Crippen molar-refractivity contribution in [1.82, 2.24) is 30.0 Å². The monoisotopic (exact) mass is 589 g/mol. The van der Waals surface area contributed by atoms with Crippen LogP contribution in [0.25, 0.3) is 22.2 Å². The van der Waals surface area contributed by atoms with Crippen LogP contribution >= 0.6 is 11.3 Å². The molecular formula is C29H35N9O3S. The summed E-state index contributed by atoms with van der Waals surface area (Å²) >= 11 is 1.42. The minimum Gasteiger partial charge on any atom is -0.415 e. The molecule has 4 N–H and O–H groups in total. The topological polar surface area (TPSA) is 149 Å². The summed E-state index contributed by atoms with van der Waals surface area (Å²) in [5, 5.41) is 36.2. The number of benzene rings is 1. The summed E-state index contributed by atoms with van der Waals surface area (Å²) in [6.45, 7) is 4.21. The van der Waals surface area contributed by atoms with E-state index in [9.17, 15) is 10.2 Å². The van der Waals surface area contributed by atoms with Crippen LogP contribution in [0, 0.1) is 0 Å². The number of hydrogen-bond acceptors (Lipinski definition) is 13. The molecule has 1 aromatic carbocycles. The Kier molecular flexibility index (Phi) is 7.26. The van der Waals surface area contributed by atoms with Gasteiger partial charge >= 0.3 is 0 Å². The smallest absolute Gasteiger partial charge is 0.259 e. The zero-order chi connectivity index (χ0) is 28.6. The molecule has 3 aliphatic carbocycles. The summed E-state index contributed by atoms with van der Waals surface area (Å²) in [6, 6.07) is 11.6. The highest BCUT2D eigenvalue weighted by Gasteiger charge is 2.48. The number of aliphatic hydroxyl groups is 2. The van der Waals surface area contributed by atoms with Crippen molar-refractivity contribution in [2.45, 2.75) is 49.7 Å². The Hall–Kier alpha value is -3.65. The van der Waals surface area contributed by atoms with Crippen LogP contribution in [0.1, 0.15) is 38.5 Å². The number of anilines is 4. The van der Waals surface area contributed by atoms with Gasteiger partial charge in [0.25, 0.3) is 5.89 Å². The molecule has 42 heavy (non-hydrogen) atoms. The normalized spacial score (nSPS) is 24.2. The minimum atomic E-state index is -0.504. The number of aromatic nitrogens is 5. The van der Waals surface area contributed by atoms with E-state index in [1.54, 1.807) is 6.20 Å². The molecule has 4 fully saturated rings. The lowest BCUT2D eigenvalue weighted by Crippen LogP contribution is -2.54. The number of nitrogens with one attached hydrogen (secondary N) is 2. The lowest BCUT2D eigenvalue weighted by atomic mass is 9.63. The van der Waals surface area contributed by atoms with Crippen molar-refractivity contribution in [2.24, 2.45) is 0 Å². The number of fused-ring (bicyclic) bond motifs is 3. The van der Waals surface area contributed by atoms with Crippen LogP contribution in [-0.4, -0.2) is 90.7 Å². The molecule has 0 atom stereocenters. The van der Waals surface area contributed by atoms with Gasteiger partial charge in [0.15, 0.2) is 5.13 Å². The molecule has 4 aromatic rings. The van der Waals surface area contributed by atoms with Gasteiger partial charge in [-0.1, -0.05) is 29.5 Å². The van der Waals surface area contributed by atoms with Crippen molar-refractivity contribution in [3.63, 3.8) is 0 Å². The van der Waals surface area contributed by atoms with Crippen LogP contribution in [0.3, 0.4) is 0 Å². The largest absolute Gasteiger partial charge is 0.415 e. The minimum absolute atomic E-state index is 0.0943. The first-order valence-electron chi connectivity index (χ1n) is 14.6. The number of nitrogens with zero attached hydrogens (tertiary/aromatic N) is 7. The summed E-state index contributed by atoms with van der Waals surface area (Å²) in [5.74, 6) is 2.96. The van der Waals surface area contributed by atoms with E-state index in [1.807, 2.05) is 36.4 Å². The van der Waals surface area contributed by atoms with Crippen LogP contribution < -0.4 is 15.5 Å². The molecule has 2 bridgehead atoms.